The second-order valence-electron chi connectivity index (χ2n) is 7.18. The topological polar surface area (TPSA) is 82.1 Å². The Kier molecular flexibility index (Phi) is 6.82. The Morgan fingerprint density at radius 1 is 1.19 bits per heavy atom. The van der Waals surface area contributed by atoms with Crippen molar-refractivity contribution in [2.45, 2.75) is 52.4 Å². The number of amides is 1. The second-order valence-corrected chi connectivity index (χ2v) is 7.18. The van der Waals surface area contributed by atoms with Gasteiger partial charge in [0.2, 0.25) is 0 Å². The standard InChI is InChI=1S/C20H27NO6/c1-14(22)27-16-11-8-12-21(17(16)20(2,3)18(23)25-4)19(24)26-13-15-9-6-5-7-10-15/h5-7,9-10,16-17H,8,11-13H2,1-4H3/t16-,17-/m0/s1. The van der Waals surface area contributed by atoms with Crippen molar-refractivity contribution in [3.05, 3.63) is 35.9 Å². The SMILES string of the molecule is COC(=O)C(C)(C)[C@@H]1[C@@H](OC(C)=O)CCCN1C(=O)OCc1ccccc1. The highest BCUT2D eigenvalue weighted by atomic mass is 16.6. The third kappa shape index (κ3) is 4.99. The molecule has 2 rings (SSSR count). The minimum atomic E-state index is -1.07. The molecule has 1 aliphatic rings. The Hall–Kier alpha value is -2.57. The van der Waals surface area contributed by atoms with Crippen molar-refractivity contribution in [3.8, 4) is 0 Å². The summed E-state index contributed by atoms with van der Waals surface area (Å²) in [6.07, 6.45) is 0.0616. The molecular weight excluding hydrogens is 350 g/mol. The van der Waals surface area contributed by atoms with Crippen LogP contribution in [0.2, 0.25) is 0 Å². The van der Waals surface area contributed by atoms with E-state index in [-0.39, 0.29) is 6.61 Å². The Balaban J connectivity index is 2.22. The minimum Gasteiger partial charge on any atom is -0.469 e. The Morgan fingerprint density at radius 3 is 2.44 bits per heavy atom. The summed E-state index contributed by atoms with van der Waals surface area (Å²) >= 11 is 0. The fraction of sp³-hybridized carbons (Fsp3) is 0.550. The second kappa shape index (κ2) is 8.88. The van der Waals surface area contributed by atoms with E-state index in [2.05, 4.69) is 0 Å². The first-order valence-electron chi connectivity index (χ1n) is 9.00. The van der Waals surface area contributed by atoms with Crippen LogP contribution >= 0.6 is 0 Å². The normalized spacial score (nSPS) is 19.9. The molecule has 0 aliphatic carbocycles. The summed E-state index contributed by atoms with van der Waals surface area (Å²) in [6, 6.07) is 8.66. The van der Waals surface area contributed by atoms with Gasteiger partial charge >= 0.3 is 18.0 Å². The molecule has 0 bridgehead atoms. The van der Waals surface area contributed by atoms with Gasteiger partial charge < -0.3 is 19.1 Å². The molecule has 1 saturated heterocycles. The molecule has 27 heavy (non-hydrogen) atoms. The summed E-state index contributed by atoms with van der Waals surface area (Å²) in [5, 5.41) is 0. The summed E-state index contributed by atoms with van der Waals surface area (Å²) in [4.78, 5) is 38.2. The van der Waals surface area contributed by atoms with Crippen molar-refractivity contribution in [1.82, 2.24) is 4.90 Å². The number of hydrogen-bond donors (Lipinski definition) is 0. The van der Waals surface area contributed by atoms with Crippen LogP contribution in [0.25, 0.3) is 0 Å². The number of piperidine rings is 1. The molecule has 1 heterocycles. The number of carbonyl (C=O) groups excluding carboxylic acids is 3. The molecule has 1 aliphatic heterocycles. The van der Waals surface area contributed by atoms with Crippen molar-refractivity contribution < 1.29 is 28.6 Å². The van der Waals surface area contributed by atoms with Crippen molar-refractivity contribution in [2.75, 3.05) is 13.7 Å². The highest BCUT2D eigenvalue weighted by Crippen LogP contribution is 2.36. The maximum Gasteiger partial charge on any atom is 0.410 e. The highest BCUT2D eigenvalue weighted by molar-refractivity contribution is 5.79. The third-order valence-corrected chi connectivity index (χ3v) is 4.78. The maximum atomic E-state index is 12.8. The van der Waals surface area contributed by atoms with Gasteiger partial charge in [-0.25, -0.2) is 4.79 Å². The number of hydrogen-bond acceptors (Lipinski definition) is 6. The van der Waals surface area contributed by atoms with Crippen LogP contribution in [0.5, 0.6) is 0 Å². The van der Waals surface area contributed by atoms with Gasteiger partial charge in [-0.1, -0.05) is 30.3 Å². The number of benzene rings is 1. The number of nitrogens with zero attached hydrogens (tertiary/aromatic N) is 1. The van der Waals surface area contributed by atoms with E-state index in [4.69, 9.17) is 14.2 Å². The molecule has 1 amide bonds. The molecule has 0 N–H and O–H groups in total. The van der Waals surface area contributed by atoms with E-state index in [9.17, 15) is 14.4 Å². The van der Waals surface area contributed by atoms with Gasteiger partial charge in [-0.2, -0.15) is 0 Å². The Bertz CT molecular complexity index is 672. The fourth-order valence-electron chi connectivity index (χ4n) is 3.54. The molecule has 0 spiro atoms. The van der Waals surface area contributed by atoms with Crippen LogP contribution in [0, 0.1) is 5.41 Å². The van der Waals surface area contributed by atoms with E-state index in [1.165, 1.54) is 18.9 Å². The van der Waals surface area contributed by atoms with Gasteiger partial charge in [0.25, 0.3) is 0 Å². The molecule has 0 unspecified atom stereocenters. The van der Waals surface area contributed by atoms with Crippen LogP contribution in [0.3, 0.4) is 0 Å². The van der Waals surface area contributed by atoms with E-state index in [0.29, 0.717) is 19.4 Å². The lowest BCUT2D eigenvalue weighted by molar-refractivity contribution is -0.168. The summed E-state index contributed by atoms with van der Waals surface area (Å²) in [6.45, 7) is 5.22. The number of carbonyl (C=O) groups is 3. The number of esters is 2. The lowest BCUT2D eigenvalue weighted by Crippen LogP contribution is -2.61. The smallest absolute Gasteiger partial charge is 0.410 e. The van der Waals surface area contributed by atoms with Crippen molar-refractivity contribution in [3.63, 3.8) is 0 Å². The third-order valence-electron chi connectivity index (χ3n) is 4.78. The van der Waals surface area contributed by atoms with Crippen LogP contribution in [-0.2, 0) is 30.4 Å². The number of ether oxygens (including phenoxy) is 3. The average molecular weight is 377 g/mol. The first kappa shape index (κ1) is 20.7. The summed E-state index contributed by atoms with van der Waals surface area (Å²) in [7, 11) is 1.30. The summed E-state index contributed by atoms with van der Waals surface area (Å²) in [5.74, 6) is -0.933. The fourth-order valence-corrected chi connectivity index (χ4v) is 3.54. The quantitative estimate of drug-likeness (QED) is 0.580. The predicted molar refractivity (Wildman–Crippen MR) is 97.7 cm³/mol. The van der Waals surface area contributed by atoms with Crippen molar-refractivity contribution in [1.29, 1.82) is 0 Å². The highest BCUT2D eigenvalue weighted by Gasteiger charge is 2.50. The first-order valence-corrected chi connectivity index (χ1v) is 9.00. The van der Waals surface area contributed by atoms with Crippen LogP contribution in [-0.4, -0.2) is 48.7 Å². The molecule has 1 aromatic rings. The predicted octanol–water partition coefficient (Wildman–Crippen LogP) is 2.92. The van der Waals surface area contributed by atoms with Gasteiger partial charge in [0.05, 0.1) is 18.6 Å². The van der Waals surface area contributed by atoms with Gasteiger partial charge in [-0.15, -0.1) is 0 Å². The van der Waals surface area contributed by atoms with Gasteiger partial charge in [-0.3, -0.25) is 9.59 Å². The lowest BCUT2D eigenvalue weighted by Gasteiger charge is -2.46. The van der Waals surface area contributed by atoms with Crippen LogP contribution in [0.4, 0.5) is 4.79 Å². The monoisotopic (exact) mass is 377 g/mol. The molecule has 7 heteroatoms. The molecular formula is C20H27NO6. The molecule has 7 nitrogen and oxygen atoms in total. The number of rotatable bonds is 5. The van der Waals surface area contributed by atoms with Crippen LogP contribution in [0.15, 0.2) is 30.3 Å². The van der Waals surface area contributed by atoms with Gasteiger partial charge in [0.15, 0.2) is 0 Å². The first-order chi connectivity index (χ1) is 12.8. The molecule has 0 saturated carbocycles. The van der Waals surface area contributed by atoms with Gasteiger partial charge in [0.1, 0.15) is 12.7 Å². The molecule has 148 valence electrons. The van der Waals surface area contributed by atoms with E-state index in [1.807, 2.05) is 30.3 Å². The van der Waals surface area contributed by atoms with E-state index in [1.54, 1.807) is 13.8 Å². The van der Waals surface area contributed by atoms with E-state index < -0.39 is 35.6 Å². The molecule has 1 fully saturated rings. The zero-order valence-corrected chi connectivity index (χ0v) is 16.3. The molecule has 2 atom stereocenters. The van der Waals surface area contributed by atoms with Gasteiger partial charge in [-0.05, 0) is 32.3 Å². The molecule has 1 aromatic carbocycles. The summed E-state index contributed by atoms with van der Waals surface area (Å²) in [5.41, 5.74) is -0.204. The molecule has 0 radical (unpaired) electrons. The minimum absolute atomic E-state index is 0.125. The average Bonchev–Trinajstić information content (AvgIpc) is 2.65. The number of likely N-dealkylation sites (tertiary alicyclic amines) is 1. The summed E-state index contributed by atoms with van der Waals surface area (Å²) < 4.78 is 15.8. The Labute approximate surface area is 159 Å². The van der Waals surface area contributed by atoms with E-state index >= 15 is 0 Å². The lowest BCUT2D eigenvalue weighted by atomic mass is 9.77. The van der Waals surface area contributed by atoms with E-state index in [0.717, 1.165) is 5.56 Å². The Morgan fingerprint density at radius 2 is 1.85 bits per heavy atom. The largest absolute Gasteiger partial charge is 0.469 e. The van der Waals surface area contributed by atoms with Crippen LogP contribution < -0.4 is 0 Å². The zero-order chi connectivity index (χ0) is 20.0. The zero-order valence-electron chi connectivity index (χ0n) is 16.3. The maximum absolute atomic E-state index is 12.8. The van der Waals surface area contributed by atoms with Crippen LogP contribution in [0.1, 0.15) is 39.2 Å². The van der Waals surface area contributed by atoms with Crippen molar-refractivity contribution >= 4 is 18.0 Å². The molecule has 0 aromatic heterocycles. The number of methoxy groups -OCH3 is 1. The van der Waals surface area contributed by atoms with Gasteiger partial charge in [0, 0.05) is 13.5 Å². The van der Waals surface area contributed by atoms with Crippen molar-refractivity contribution in [2.24, 2.45) is 5.41 Å².